The fraction of sp³-hybridized carbons (Fsp3) is 0.222. The summed E-state index contributed by atoms with van der Waals surface area (Å²) in [6.07, 6.45) is 1.55. The second kappa shape index (κ2) is 6.70. The lowest BCUT2D eigenvalue weighted by molar-refractivity contribution is -0.138. The first kappa shape index (κ1) is 16.0. The smallest absolute Gasteiger partial charge is 0.338 e. The lowest BCUT2D eigenvalue weighted by Gasteiger charge is -2.25. The maximum Gasteiger partial charge on any atom is 0.338 e. The van der Waals surface area contributed by atoms with Crippen molar-refractivity contribution in [1.82, 2.24) is 5.32 Å². The molecule has 3 rings (SSSR count). The van der Waals surface area contributed by atoms with Gasteiger partial charge in [-0.05, 0) is 43.7 Å². The molecule has 0 aliphatic carbocycles. The van der Waals surface area contributed by atoms with Crippen molar-refractivity contribution in [3.63, 3.8) is 0 Å². The number of allylic oxidation sites excluding steroid dienone is 1. The standard InChI is InChI=1S/C18H17FN2O3/c1-3-23-18(22)15-11(2)20-17(14-5-4-10-24-14)21-16(15)12-6-8-13(19)9-7-12/h4-10,16H,3H2,1-2H3,(H,20,21). The number of ether oxygens (including phenoxy) is 1. The van der Waals surface area contributed by atoms with Gasteiger partial charge in [-0.1, -0.05) is 12.1 Å². The Labute approximate surface area is 138 Å². The molecule has 1 unspecified atom stereocenters. The van der Waals surface area contributed by atoms with E-state index < -0.39 is 12.0 Å². The SMILES string of the molecule is CCOC(=O)C1=C(C)NC(c2ccco2)=NC1c1ccc(F)cc1. The number of amidine groups is 1. The first-order chi connectivity index (χ1) is 11.6. The van der Waals surface area contributed by atoms with Crippen LogP contribution in [0.3, 0.4) is 0 Å². The minimum absolute atomic E-state index is 0.264. The first-order valence-corrected chi connectivity index (χ1v) is 7.62. The topological polar surface area (TPSA) is 63.8 Å². The highest BCUT2D eigenvalue weighted by molar-refractivity contribution is 6.02. The summed E-state index contributed by atoms with van der Waals surface area (Å²) in [4.78, 5) is 17.0. The molecular weight excluding hydrogens is 311 g/mol. The molecule has 5 nitrogen and oxygen atoms in total. The van der Waals surface area contributed by atoms with Gasteiger partial charge in [0.15, 0.2) is 11.6 Å². The fourth-order valence-electron chi connectivity index (χ4n) is 2.57. The minimum Gasteiger partial charge on any atom is -0.463 e. The molecule has 2 aromatic rings. The lowest BCUT2D eigenvalue weighted by atomic mass is 9.96. The number of nitrogens with zero attached hydrogens (tertiary/aromatic N) is 1. The van der Waals surface area contributed by atoms with E-state index in [9.17, 15) is 9.18 Å². The third-order valence-corrected chi connectivity index (χ3v) is 3.68. The zero-order valence-electron chi connectivity index (χ0n) is 13.4. The van der Waals surface area contributed by atoms with Gasteiger partial charge in [-0.15, -0.1) is 0 Å². The number of carbonyl (C=O) groups excluding carboxylic acids is 1. The maximum absolute atomic E-state index is 13.2. The number of hydrogen-bond donors (Lipinski definition) is 1. The van der Waals surface area contributed by atoms with Crippen molar-refractivity contribution >= 4 is 11.8 Å². The number of rotatable bonds is 4. The summed E-state index contributed by atoms with van der Waals surface area (Å²) in [5, 5.41) is 3.08. The molecule has 1 atom stereocenters. The van der Waals surface area contributed by atoms with Crippen molar-refractivity contribution in [3.05, 3.63) is 71.1 Å². The normalized spacial score (nSPS) is 17.3. The maximum atomic E-state index is 13.2. The third kappa shape index (κ3) is 3.08. The van der Waals surface area contributed by atoms with E-state index in [1.165, 1.54) is 12.1 Å². The van der Waals surface area contributed by atoms with Crippen LogP contribution in [0.5, 0.6) is 0 Å². The van der Waals surface area contributed by atoms with Gasteiger partial charge in [-0.25, -0.2) is 9.18 Å². The molecule has 1 aliphatic rings. The monoisotopic (exact) mass is 328 g/mol. The summed E-state index contributed by atoms with van der Waals surface area (Å²) in [7, 11) is 0. The number of aliphatic imine (C=N–C) groups is 1. The van der Waals surface area contributed by atoms with Gasteiger partial charge in [-0.3, -0.25) is 4.99 Å². The van der Waals surface area contributed by atoms with Crippen LogP contribution in [-0.4, -0.2) is 18.4 Å². The van der Waals surface area contributed by atoms with Gasteiger partial charge in [0.25, 0.3) is 0 Å². The van der Waals surface area contributed by atoms with E-state index in [0.717, 1.165) is 0 Å². The van der Waals surface area contributed by atoms with E-state index in [4.69, 9.17) is 9.15 Å². The van der Waals surface area contributed by atoms with Crippen LogP contribution in [0.1, 0.15) is 31.2 Å². The van der Waals surface area contributed by atoms with Crippen molar-refractivity contribution in [2.24, 2.45) is 4.99 Å². The molecule has 0 saturated heterocycles. The van der Waals surface area contributed by atoms with Gasteiger partial charge in [0.2, 0.25) is 0 Å². The van der Waals surface area contributed by atoms with E-state index in [2.05, 4.69) is 10.3 Å². The van der Waals surface area contributed by atoms with Crippen molar-refractivity contribution in [1.29, 1.82) is 0 Å². The first-order valence-electron chi connectivity index (χ1n) is 7.62. The predicted octanol–water partition coefficient (Wildman–Crippen LogP) is 3.35. The van der Waals surface area contributed by atoms with Crippen molar-refractivity contribution in [2.45, 2.75) is 19.9 Å². The molecule has 0 bridgehead atoms. The number of esters is 1. The molecule has 0 amide bonds. The average molecular weight is 328 g/mol. The van der Waals surface area contributed by atoms with Crippen LogP contribution in [-0.2, 0) is 9.53 Å². The van der Waals surface area contributed by atoms with Gasteiger partial charge in [0, 0.05) is 5.70 Å². The Kier molecular flexibility index (Phi) is 4.46. The Balaban J connectivity index is 2.06. The summed E-state index contributed by atoms with van der Waals surface area (Å²) in [6, 6.07) is 8.85. The summed E-state index contributed by atoms with van der Waals surface area (Å²) in [5.41, 5.74) is 1.73. The number of carbonyl (C=O) groups is 1. The Hall–Kier alpha value is -2.89. The minimum atomic E-state index is -0.592. The van der Waals surface area contributed by atoms with Crippen LogP contribution in [0.15, 0.2) is 63.3 Å². The van der Waals surface area contributed by atoms with Crippen LogP contribution in [0.4, 0.5) is 4.39 Å². The number of furan rings is 1. The van der Waals surface area contributed by atoms with Crippen LogP contribution in [0.25, 0.3) is 0 Å². The average Bonchev–Trinajstić information content (AvgIpc) is 3.09. The van der Waals surface area contributed by atoms with Gasteiger partial charge >= 0.3 is 5.97 Å². The zero-order valence-corrected chi connectivity index (χ0v) is 13.4. The van der Waals surface area contributed by atoms with Crippen LogP contribution >= 0.6 is 0 Å². The van der Waals surface area contributed by atoms with Crippen molar-refractivity contribution in [2.75, 3.05) is 6.61 Å². The Bertz CT molecular complexity index is 792. The lowest BCUT2D eigenvalue weighted by Crippen LogP contribution is -2.32. The number of nitrogens with one attached hydrogen (secondary N) is 1. The molecule has 1 aromatic carbocycles. The van der Waals surface area contributed by atoms with Crippen LogP contribution < -0.4 is 5.32 Å². The van der Waals surface area contributed by atoms with Gasteiger partial charge in [0.1, 0.15) is 11.9 Å². The van der Waals surface area contributed by atoms with Crippen LogP contribution in [0, 0.1) is 5.82 Å². The quantitative estimate of drug-likeness (QED) is 0.874. The van der Waals surface area contributed by atoms with Gasteiger partial charge < -0.3 is 14.5 Å². The summed E-state index contributed by atoms with van der Waals surface area (Å²) < 4.78 is 23.8. The zero-order chi connectivity index (χ0) is 17.1. The molecule has 1 N–H and O–H groups in total. The Morgan fingerprint density at radius 1 is 1.33 bits per heavy atom. The third-order valence-electron chi connectivity index (χ3n) is 3.68. The number of hydrogen-bond acceptors (Lipinski definition) is 5. The number of benzene rings is 1. The highest BCUT2D eigenvalue weighted by Crippen LogP contribution is 2.32. The second-order valence-corrected chi connectivity index (χ2v) is 5.29. The molecule has 24 heavy (non-hydrogen) atoms. The molecule has 0 saturated carbocycles. The Morgan fingerprint density at radius 2 is 2.08 bits per heavy atom. The van der Waals surface area contributed by atoms with Gasteiger partial charge in [-0.2, -0.15) is 0 Å². The molecule has 0 radical (unpaired) electrons. The molecule has 0 fully saturated rings. The molecule has 124 valence electrons. The summed E-state index contributed by atoms with van der Waals surface area (Å²) in [5.74, 6) is 0.282. The van der Waals surface area contributed by atoms with E-state index in [1.54, 1.807) is 44.4 Å². The van der Waals surface area contributed by atoms with E-state index in [0.29, 0.717) is 28.4 Å². The van der Waals surface area contributed by atoms with E-state index >= 15 is 0 Å². The molecule has 2 heterocycles. The molecule has 0 spiro atoms. The number of halogens is 1. The fourth-order valence-corrected chi connectivity index (χ4v) is 2.57. The van der Waals surface area contributed by atoms with Crippen molar-refractivity contribution < 1.29 is 18.3 Å². The highest BCUT2D eigenvalue weighted by atomic mass is 19.1. The van der Waals surface area contributed by atoms with Crippen LogP contribution in [0.2, 0.25) is 0 Å². The largest absolute Gasteiger partial charge is 0.463 e. The Morgan fingerprint density at radius 3 is 2.71 bits per heavy atom. The van der Waals surface area contributed by atoms with Gasteiger partial charge in [0.05, 0.1) is 18.4 Å². The summed E-state index contributed by atoms with van der Waals surface area (Å²) >= 11 is 0. The molecule has 1 aromatic heterocycles. The summed E-state index contributed by atoms with van der Waals surface area (Å²) in [6.45, 7) is 3.79. The molecule has 1 aliphatic heterocycles. The van der Waals surface area contributed by atoms with Crippen molar-refractivity contribution in [3.8, 4) is 0 Å². The predicted molar refractivity (Wildman–Crippen MR) is 86.9 cm³/mol. The molecular formula is C18H17FN2O3. The highest BCUT2D eigenvalue weighted by Gasteiger charge is 2.31. The van der Waals surface area contributed by atoms with E-state index in [-0.39, 0.29) is 12.4 Å². The molecule has 6 heteroatoms. The van der Waals surface area contributed by atoms with E-state index in [1.807, 2.05) is 0 Å². The second-order valence-electron chi connectivity index (χ2n) is 5.29.